The van der Waals surface area contributed by atoms with Gasteiger partial charge < -0.3 is 34.4 Å². The monoisotopic (exact) mass is 639 g/mol. The Balaban J connectivity index is 1.71. The second kappa shape index (κ2) is 14.5. The van der Waals surface area contributed by atoms with Gasteiger partial charge in [0.2, 0.25) is 17.7 Å². The average Bonchev–Trinajstić information content (AvgIpc) is 3.67. The standard InChI is InChI=1S/C35H49N3O8/c1-8-10-16-26(40)36-24(21-44-7)29(23-14-12-11-13-15-23)45-33(43)27-25-17-18-35(46-25)28(27)31(41)38(22(3)20-39)30(35)32(42)37(19-9-2)34(4,5)6/h8-9,11-15,22,24-25,27-30,39H,1-2,10,16-21H2,3-7H3,(H,36,40)/t22-,24+,25+,27-,28-,29+,30+,35-/m1/s1. The minimum atomic E-state index is -1.26. The molecule has 46 heavy (non-hydrogen) atoms. The smallest absolute Gasteiger partial charge is 0.313 e. The van der Waals surface area contributed by atoms with Crippen LogP contribution in [0.4, 0.5) is 0 Å². The highest BCUT2D eigenvalue weighted by atomic mass is 16.6. The number of carbonyl (C=O) groups excluding carboxylic acids is 4. The third-order valence-electron chi connectivity index (χ3n) is 9.38. The van der Waals surface area contributed by atoms with E-state index >= 15 is 0 Å². The van der Waals surface area contributed by atoms with Crippen molar-refractivity contribution in [2.75, 3.05) is 26.9 Å². The number of aliphatic hydroxyl groups is 1. The molecule has 2 bridgehead atoms. The molecule has 11 nitrogen and oxygen atoms in total. The SMILES string of the molecule is C=CCCC(=O)N[C@@H](COC)[C@@H](OC(=O)[C@@H]1[C@@H]2CC[C@]3(O2)[C@H](C(=O)N(CC=C)C(C)(C)C)N([C@H](C)CO)C(=O)[C@@H]13)c1ccccc1. The molecule has 3 aliphatic rings. The van der Waals surface area contributed by atoms with Gasteiger partial charge in [0.25, 0.3) is 0 Å². The Morgan fingerprint density at radius 2 is 1.91 bits per heavy atom. The predicted molar refractivity (Wildman–Crippen MR) is 171 cm³/mol. The molecule has 2 N–H and O–H groups in total. The van der Waals surface area contributed by atoms with Crippen LogP contribution in [0.3, 0.4) is 0 Å². The van der Waals surface area contributed by atoms with Gasteiger partial charge in [-0.3, -0.25) is 19.2 Å². The number of allylic oxidation sites excluding steroid dienone is 1. The zero-order valence-electron chi connectivity index (χ0n) is 27.6. The quantitative estimate of drug-likeness (QED) is 0.221. The van der Waals surface area contributed by atoms with Gasteiger partial charge in [-0.25, -0.2) is 0 Å². The number of likely N-dealkylation sites (tertiary alicyclic amines) is 1. The van der Waals surface area contributed by atoms with E-state index in [0.717, 1.165) is 0 Å². The molecule has 0 saturated carbocycles. The number of aliphatic hydroxyl groups excluding tert-OH is 1. The highest BCUT2D eigenvalue weighted by molar-refractivity contribution is 5.98. The van der Waals surface area contributed by atoms with Gasteiger partial charge in [0.1, 0.15) is 17.7 Å². The summed E-state index contributed by atoms with van der Waals surface area (Å²) in [6.07, 6.45) is 3.29. The second-order valence-corrected chi connectivity index (χ2v) is 13.5. The van der Waals surface area contributed by atoms with Gasteiger partial charge in [-0.1, -0.05) is 42.5 Å². The summed E-state index contributed by atoms with van der Waals surface area (Å²) in [5.41, 5.74) is -1.21. The fraction of sp³-hybridized carbons (Fsp3) is 0.600. The molecule has 0 aromatic heterocycles. The van der Waals surface area contributed by atoms with E-state index in [1.54, 1.807) is 36.1 Å². The molecular formula is C35H49N3O8. The predicted octanol–water partition coefficient (Wildman–Crippen LogP) is 2.94. The number of hydrogen-bond acceptors (Lipinski definition) is 8. The molecule has 0 unspecified atom stereocenters. The summed E-state index contributed by atoms with van der Waals surface area (Å²) >= 11 is 0. The molecule has 1 aromatic rings. The Bertz CT molecular complexity index is 1300. The van der Waals surface area contributed by atoms with Crippen molar-refractivity contribution < 1.29 is 38.5 Å². The zero-order valence-corrected chi connectivity index (χ0v) is 27.6. The normalized spacial score (nSPS) is 27.0. The molecule has 3 saturated heterocycles. The van der Waals surface area contributed by atoms with Crippen molar-refractivity contribution in [1.29, 1.82) is 0 Å². The van der Waals surface area contributed by atoms with E-state index in [1.807, 2.05) is 39.0 Å². The molecule has 3 heterocycles. The summed E-state index contributed by atoms with van der Waals surface area (Å²) in [5, 5.41) is 13.1. The molecule has 0 aliphatic carbocycles. The third-order valence-corrected chi connectivity index (χ3v) is 9.38. The van der Waals surface area contributed by atoms with Gasteiger partial charge in [0.05, 0.1) is 43.2 Å². The van der Waals surface area contributed by atoms with Crippen LogP contribution in [0.5, 0.6) is 0 Å². The van der Waals surface area contributed by atoms with Crippen LogP contribution in [0.25, 0.3) is 0 Å². The molecule has 1 aromatic carbocycles. The number of benzene rings is 1. The van der Waals surface area contributed by atoms with Gasteiger partial charge in [-0.15, -0.1) is 13.2 Å². The van der Waals surface area contributed by atoms with Crippen LogP contribution in [0.2, 0.25) is 0 Å². The zero-order chi connectivity index (χ0) is 33.8. The number of nitrogens with one attached hydrogen (secondary N) is 1. The van der Waals surface area contributed by atoms with Crippen LogP contribution in [0, 0.1) is 11.8 Å². The van der Waals surface area contributed by atoms with E-state index in [1.165, 1.54) is 12.0 Å². The molecule has 8 atom stereocenters. The number of fused-ring (bicyclic) bond motifs is 1. The fourth-order valence-corrected chi connectivity index (χ4v) is 7.30. The van der Waals surface area contributed by atoms with Crippen molar-refractivity contribution in [2.45, 2.75) is 94.9 Å². The summed E-state index contributed by atoms with van der Waals surface area (Å²) in [6, 6.07) is 6.61. The van der Waals surface area contributed by atoms with E-state index in [2.05, 4.69) is 18.5 Å². The Kier molecular flexibility index (Phi) is 11.1. The molecule has 4 rings (SSSR count). The number of hydrogen-bond donors (Lipinski definition) is 2. The number of nitrogens with zero attached hydrogens (tertiary/aromatic N) is 2. The maximum Gasteiger partial charge on any atom is 0.313 e. The highest BCUT2D eigenvalue weighted by Crippen LogP contribution is 2.59. The van der Waals surface area contributed by atoms with Gasteiger partial charge in [-0.2, -0.15) is 0 Å². The van der Waals surface area contributed by atoms with Crippen LogP contribution < -0.4 is 5.32 Å². The second-order valence-electron chi connectivity index (χ2n) is 13.5. The summed E-state index contributed by atoms with van der Waals surface area (Å²) in [4.78, 5) is 58.9. The molecule has 0 radical (unpaired) electrons. The summed E-state index contributed by atoms with van der Waals surface area (Å²) in [7, 11) is 1.50. The summed E-state index contributed by atoms with van der Waals surface area (Å²) < 4.78 is 18.2. The van der Waals surface area contributed by atoms with E-state index in [-0.39, 0.29) is 38.0 Å². The number of esters is 1. The molecular weight excluding hydrogens is 590 g/mol. The minimum absolute atomic E-state index is 0.0634. The van der Waals surface area contributed by atoms with Crippen molar-refractivity contribution in [2.24, 2.45) is 11.8 Å². The Hall–Kier alpha value is -3.54. The van der Waals surface area contributed by atoms with E-state index in [9.17, 15) is 24.3 Å². The molecule has 11 heteroatoms. The molecule has 3 aliphatic heterocycles. The van der Waals surface area contributed by atoms with Crippen LogP contribution in [-0.4, -0.2) is 101 Å². The molecule has 252 valence electrons. The number of amides is 3. The van der Waals surface area contributed by atoms with Crippen LogP contribution in [0.1, 0.15) is 65.0 Å². The Morgan fingerprint density at radius 1 is 1.22 bits per heavy atom. The van der Waals surface area contributed by atoms with Crippen LogP contribution >= 0.6 is 0 Å². The first kappa shape index (κ1) is 35.3. The molecule has 3 fully saturated rings. The largest absolute Gasteiger partial charge is 0.455 e. The molecule has 3 amide bonds. The van der Waals surface area contributed by atoms with Crippen molar-refractivity contribution in [1.82, 2.24) is 15.1 Å². The lowest BCUT2D eigenvalue weighted by Crippen LogP contribution is -2.61. The van der Waals surface area contributed by atoms with E-state index in [4.69, 9.17) is 14.2 Å². The van der Waals surface area contributed by atoms with Gasteiger partial charge >= 0.3 is 5.97 Å². The first-order valence-electron chi connectivity index (χ1n) is 16.0. The first-order chi connectivity index (χ1) is 21.9. The summed E-state index contributed by atoms with van der Waals surface area (Å²) in [6.45, 7) is 14.8. The average molecular weight is 640 g/mol. The topological polar surface area (TPSA) is 135 Å². The minimum Gasteiger partial charge on any atom is -0.455 e. The number of carbonyl (C=O) groups is 4. The van der Waals surface area contributed by atoms with Crippen molar-refractivity contribution in [3.63, 3.8) is 0 Å². The summed E-state index contributed by atoms with van der Waals surface area (Å²) in [5.74, 6) is -3.59. The van der Waals surface area contributed by atoms with Crippen molar-refractivity contribution in [3.05, 3.63) is 61.2 Å². The lowest BCUT2D eigenvalue weighted by Gasteiger charge is -2.43. The maximum absolute atomic E-state index is 14.4. The highest BCUT2D eigenvalue weighted by Gasteiger charge is 2.75. The maximum atomic E-state index is 14.4. The van der Waals surface area contributed by atoms with Gasteiger partial charge in [-0.05, 0) is 52.5 Å². The van der Waals surface area contributed by atoms with E-state index < -0.39 is 65.2 Å². The van der Waals surface area contributed by atoms with Crippen LogP contribution in [-0.2, 0) is 33.4 Å². The van der Waals surface area contributed by atoms with Crippen molar-refractivity contribution >= 4 is 23.7 Å². The number of rotatable bonds is 15. The van der Waals surface area contributed by atoms with Crippen LogP contribution in [0.15, 0.2) is 55.6 Å². The Morgan fingerprint density at radius 3 is 2.50 bits per heavy atom. The molecule has 1 spiro atoms. The third kappa shape index (κ3) is 6.63. The van der Waals surface area contributed by atoms with E-state index in [0.29, 0.717) is 24.8 Å². The van der Waals surface area contributed by atoms with Gasteiger partial charge in [0, 0.05) is 25.6 Å². The first-order valence-corrected chi connectivity index (χ1v) is 16.0. The number of methoxy groups -OCH3 is 1. The number of ether oxygens (including phenoxy) is 3. The van der Waals surface area contributed by atoms with Gasteiger partial charge in [0.15, 0.2) is 0 Å². The lowest BCUT2D eigenvalue weighted by molar-refractivity contribution is -0.163. The van der Waals surface area contributed by atoms with Crippen molar-refractivity contribution in [3.8, 4) is 0 Å². The fourth-order valence-electron chi connectivity index (χ4n) is 7.30. The lowest BCUT2D eigenvalue weighted by atomic mass is 9.70. The Labute approximate surface area is 271 Å².